The zero-order valence-corrected chi connectivity index (χ0v) is 28.4. The monoisotopic (exact) mass is 691 g/mol. The smallest absolute Gasteiger partial charge is 0.343 e. The fourth-order valence-electron chi connectivity index (χ4n) is 7.33. The first kappa shape index (κ1) is 35.0. The summed E-state index contributed by atoms with van der Waals surface area (Å²) in [5, 5.41) is 20.4. The van der Waals surface area contributed by atoms with E-state index in [1.807, 2.05) is 0 Å². The van der Waals surface area contributed by atoms with Gasteiger partial charge in [-0.15, -0.1) is 0 Å². The number of nitrogens with zero attached hydrogens (tertiary/aromatic N) is 2. The Morgan fingerprint density at radius 3 is 2.60 bits per heavy atom. The Morgan fingerprint density at radius 2 is 1.92 bits per heavy atom. The van der Waals surface area contributed by atoms with Gasteiger partial charge in [0, 0.05) is 29.1 Å². The summed E-state index contributed by atoms with van der Waals surface area (Å²) < 4.78 is 22.0. The Morgan fingerprint density at radius 1 is 1.18 bits per heavy atom. The molecule has 0 unspecified atom stereocenters. The van der Waals surface area contributed by atoms with Crippen LogP contribution in [0.4, 0.5) is 9.18 Å². The molecule has 4 amide bonds. The number of carbonyl (C=O) groups is 4. The highest BCUT2D eigenvalue weighted by Crippen LogP contribution is 2.46. The number of fused-ring (bicyclic) bond motifs is 5. The second kappa shape index (κ2) is 13.1. The SMILES string of the molecule is CC[C@@]1(O)C(=O)OCc2c1cc1n(c2=O)Cc2c-1nc1cc(F)c(C)c3c1c2[C@@H](NC(=O)[C@H](CCCNC(N)=O)NC(=O)[C@@H](N)C(C)C)CC3. The topological polar surface area (TPSA) is 221 Å². The molecule has 0 fully saturated rings. The lowest BCUT2D eigenvalue weighted by atomic mass is 9.81. The molecule has 6 rings (SSSR count). The molecule has 50 heavy (non-hydrogen) atoms. The molecular formula is C35H42FN7O7. The number of carbonyl (C=O) groups excluding carboxylic acids is 4. The van der Waals surface area contributed by atoms with Crippen LogP contribution in [-0.4, -0.2) is 57.1 Å². The van der Waals surface area contributed by atoms with Gasteiger partial charge in [0.2, 0.25) is 11.8 Å². The van der Waals surface area contributed by atoms with Crippen molar-refractivity contribution in [2.24, 2.45) is 17.4 Å². The van der Waals surface area contributed by atoms with Gasteiger partial charge in [0.1, 0.15) is 18.5 Å². The standard InChI is InChI=1S/C35H42FN7O7/c1-5-35(49)20-11-25-29-18(13-43(25)32(46)19(20)14-50-33(35)47)27-22(9-8-17-16(4)21(36)12-24(40-29)26(17)27)41-30(44)23(7-6-10-39-34(38)48)42-31(45)28(37)15(2)3/h11-12,15,22-23,28,49H,5-10,13-14,37H2,1-4H3,(H,41,44)(H,42,45)(H3,38,39,48)/t22-,23-,28-,35-/m0/s1. The molecule has 0 saturated heterocycles. The van der Waals surface area contributed by atoms with E-state index < -0.39 is 58.9 Å². The van der Waals surface area contributed by atoms with Crippen molar-refractivity contribution < 1.29 is 33.4 Å². The molecule has 0 bridgehead atoms. The molecule has 3 aromatic rings. The molecule has 0 radical (unpaired) electrons. The number of hydrogen-bond acceptors (Lipinski definition) is 9. The van der Waals surface area contributed by atoms with E-state index in [9.17, 15) is 29.1 Å². The first-order valence-corrected chi connectivity index (χ1v) is 16.9. The van der Waals surface area contributed by atoms with Crippen molar-refractivity contribution >= 4 is 34.7 Å². The molecule has 8 N–H and O–H groups in total. The number of rotatable bonds is 10. The molecule has 4 atom stereocenters. The zero-order chi connectivity index (χ0) is 36.2. The van der Waals surface area contributed by atoms with E-state index in [2.05, 4.69) is 16.0 Å². The van der Waals surface area contributed by atoms with E-state index in [-0.39, 0.29) is 49.6 Å². The molecule has 0 saturated carbocycles. The van der Waals surface area contributed by atoms with Gasteiger partial charge in [-0.2, -0.15) is 0 Å². The molecule has 3 aliphatic rings. The van der Waals surface area contributed by atoms with Crippen molar-refractivity contribution in [2.75, 3.05) is 6.54 Å². The lowest BCUT2D eigenvalue weighted by Gasteiger charge is -2.31. The van der Waals surface area contributed by atoms with Gasteiger partial charge in [-0.3, -0.25) is 14.4 Å². The minimum Gasteiger partial charge on any atom is -0.458 e. The summed E-state index contributed by atoms with van der Waals surface area (Å²) in [6.07, 6.45) is 1.31. The van der Waals surface area contributed by atoms with Crippen LogP contribution in [-0.2, 0) is 44.3 Å². The van der Waals surface area contributed by atoms with Crippen LogP contribution in [0.15, 0.2) is 16.9 Å². The van der Waals surface area contributed by atoms with Crippen molar-refractivity contribution in [1.82, 2.24) is 25.5 Å². The number of hydrogen-bond donors (Lipinski definition) is 6. The third kappa shape index (κ3) is 5.77. The average molecular weight is 692 g/mol. The lowest BCUT2D eigenvalue weighted by molar-refractivity contribution is -0.172. The summed E-state index contributed by atoms with van der Waals surface area (Å²) in [5.74, 6) is -2.45. The fraction of sp³-hybridized carbons (Fsp3) is 0.486. The van der Waals surface area contributed by atoms with Crippen molar-refractivity contribution in [3.8, 4) is 11.4 Å². The maximum absolute atomic E-state index is 15.3. The van der Waals surface area contributed by atoms with E-state index in [0.717, 1.165) is 5.56 Å². The molecule has 1 aromatic carbocycles. The Kier molecular flexibility index (Phi) is 9.16. The first-order valence-electron chi connectivity index (χ1n) is 16.9. The molecule has 1 aliphatic carbocycles. The summed E-state index contributed by atoms with van der Waals surface area (Å²) in [4.78, 5) is 69.7. The van der Waals surface area contributed by atoms with E-state index in [0.29, 0.717) is 58.2 Å². The van der Waals surface area contributed by atoms with Crippen LogP contribution in [0.2, 0.25) is 0 Å². The highest BCUT2D eigenvalue weighted by atomic mass is 19.1. The Balaban J connectivity index is 1.44. The van der Waals surface area contributed by atoms with Gasteiger partial charge >= 0.3 is 12.0 Å². The third-order valence-electron chi connectivity index (χ3n) is 10.3. The van der Waals surface area contributed by atoms with Crippen LogP contribution < -0.4 is 33.0 Å². The fourth-order valence-corrected chi connectivity index (χ4v) is 7.33. The van der Waals surface area contributed by atoms with Gasteiger partial charge in [0.15, 0.2) is 5.60 Å². The van der Waals surface area contributed by atoms with E-state index in [1.54, 1.807) is 33.8 Å². The van der Waals surface area contributed by atoms with Crippen LogP contribution in [0.5, 0.6) is 0 Å². The predicted molar refractivity (Wildman–Crippen MR) is 180 cm³/mol. The van der Waals surface area contributed by atoms with Crippen molar-refractivity contribution in [3.05, 3.63) is 61.7 Å². The van der Waals surface area contributed by atoms with Crippen LogP contribution in [0.1, 0.15) is 85.9 Å². The number of aromatic nitrogens is 2. The number of primary amides is 1. The van der Waals surface area contributed by atoms with Gasteiger partial charge in [-0.25, -0.2) is 19.0 Å². The highest BCUT2D eigenvalue weighted by Gasteiger charge is 2.46. The second-order valence-electron chi connectivity index (χ2n) is 13.7. The quantitative estimate of drug-likeness (QED) is 0.105. The number of esters is 1. The summed E-state index contributed by atoms with van der Waals surface area (Å²) in [6.45, 7) is 6.88. The number of aryl methyl sites for hydroxylation is 1. The lowest BCUT2D eigenvalue weighted by Crippen LogP contribution is -2.53. The van der Waals surface area contributed by atoms with Crippen LogP contribution in [0.3, 0.4) is 0 Å². The molecular weight excluding hydrogens is 649 g/mol. The van der Waals surface area contributed by atoms with Crippen molar-refractivity contribution in [1.29, 1.82) is 0 Å². The van der Waals surface area contributed by atoms with Crippen molar-refractivity contribution in [2.45, 2.75) is 96.7 Å². The van der Waals surface area contributed by atoms with Crippen molar-refractivity contribution in [3.63, 3.8) is 0 Å². The van der Waals surface area contributed by atoms with Gasteiger partial charge in [0.25, 0.3) is 5.56 Å². The number of nitrogens with two attached hydrogens (primary N) is 2. The molecule has 2 aliphatic heterocycles. The van der Waals surface area contributed by atoms with Crippen LogP contribution in [0, 0.1) is 18.7 Å². The Bertz CT molecular complexity index is 2010. The van der Waals surface area contributed by atoms with Gasteiger partial charge in [-0.05, 0) is 67.7 Å². The van der Waals surface area contributed by atoms with E-state index in [1.165, 1.54) is 10.6 Å². The maximum atomic E-state index is 15.3. The average Bonchev–Trinajstić information content (AvgIpc) is 3.45. The van der Waals surface area contributed by atoms with Crippen LogP contribution >= 0.6 is 0 Å². The molecule has 266 valence electrons. The largest absolute Gasteiger partial charge is 0.458 e. The van der Waals surface area contributed by atoms with E-state index >= 15 is 4.39 Å². The molecule has 0 spiro atoms. The summed E-state index contributed by atoms with van der Waals surface area (Å²) in [6, 6.07) is -0.255. The maximum Gasteiger partial charge on any atom is 0.343 e. The zero-order valence-electron chi connectivity index (χ0n) is 28.4. The predicted octanol–water partition coefficient (Wildman–Crippen LogP) is 1.55. The molecule has 15 heteroatoms. The third-order valence-corrected chi connectivity index (χ3v) is 10.3. The Labute approximate surface area is 287 Å². The first-order chi connectivity index (χ1) is 23.7. The number of benzene rings is 1. The number of amides is 4. The number of urea groups is 1. The summed E-state index contributed by atoms with van der Waals surface area (Å²) in [7, 11) is 0. The molecule has 14 nitrogen and oxygen atoms in total. The summed E-state index contributed by atoms with van der Waals surface area (Å²) in [5.41, 5.74) is 12.8. The molecule has 4 heterocycles. The van der Waals surface area contributed by atoms with Gasteiger partial charge < -0.3 is 41.8 Å². The second-order valence-corrected chi connectivity index (χ2v) is 13.7. The number of nitrogens with one attached hydrogen (secondary N) is 3. The Hall–Kier alpha value is -4.89. The number of cyclic esters (lactones) is 1. The minimum atomic E-state index is -2.02. The van der Waals surface area contributed by atoms with Gasteiger partial charge in [0.05, 0.1) is 41.1 Å². The summed E-state index contributed by atoms with van der Waals surface area (Å²) >= 11 is 0. The normalized spacial score (nSPS) is 20.0. The number of pyridine rings is 2. The number of aliphatic hydroxyl groups is 1. The van der Waals surface area contributed by atoms with Gasteiger partial charge in [-0.1, -0.05) is 20.8 Å². The number of ether oxygens (including phenoxy) is 1. The minimum absolute atomic E-state index is 0.0225. The molecule has 2 aromatic heterocycles. The van der Waals surface area contributed by atoms with Crippen LogP contribution in [0.25, 0.3) is 22.3 Å². The number of halogens is 1. The highest BCUT2D eigenvalue weighted by molar-refractivity contribution is 5.95. The van der Waals surface area contributed by atoms with E-state index in [4.69, 9.17) is 21.2 Å².